The van der Waals surface area contributed by atoms with Gasteiger partial charge in [0, 0.05) is 18.1 Å². The van der Waals surface area contributed by atoms with E-state index in [1.54, 1.807) is 29.2 Å². The van der Waals surface area contributed by atoms with Crippen LogP contribution in [-0.2, 0) is 16.1 Å². The van der Waals surface area contributed by atoms with Crippen molar-refractivity contribution in [2.75, 3.05) is 11.9 Å². The van der Waals surface area contributed by atoms with E-state index in [1.807, 2.05) is 0 Å². The Bertz CT molecular complexity index is 924. The predicted octanol–water partition coefficient (Wildman–Crippen LogP) is 3.11. The summed E-state index contributed by atoms with van der Waals surface area (Å²) in [4.78, 5) is 23.7. The van der Waals surface area contributed by atoms with Crippen molar-refractivity contribution < 1.29 is 23.1 Å². The molecular formula is C17H13ClFN3O4. The Labute approximate surface area is 152 Å². The van der Waals surface area contributed by atoms with Gasteiger partial charge in [0.2, 0.25) is 5.76 Å². The molecule has 7 nitrogen and oxygen atoms in total. The van der Waals surface area contributed by atoms with Crippen molar-refractivity contribution in [3.05, 3.63) is 71.2 Å². The van der Waals surface area contributed by atoms with E-state index in [4.69, 9.17) is 20.8 Å². The molecule has 0 spiro atoms. The number of benzene rings is 1. The lowest BCUT2D eigenvalue weighted by Gasteiger charge is -2.06. The van der Waals surface area contributed by atoms with Crippen LogP contribution in [0.4, 0.5) is 10.1 Å². The molecule has 0 bridgehead atoms. The van der Waals surface area contributed by atoms with E-state index in [0.717, 1.165) is 6.07 Å². The van der Waals surface area contributed by atoms with E-state index in [1.165, 1.54) is 18.2 Å². The van der Waals surface area contributed by atoms with Gasteiger partial charge in [0.15, 0.2) is 6.61 Å². The molecule has 0 aliphatic carbocycles. The summed E-state index contributed by atoms with van der Waals surface area (Å²) in [5.41, 5.74) is 0.289. The van der Waals surface area contributed by atoms with Gasteiger partial charge in [-0.3, -0.25) is 9.48 Å². The maximum absolute atomic E-state index is 13.1. The van der Waals surface area contributed by atoms with Gasteiger partial charge in [-0.25, -0.2) is 9.18 Å². The fourth-order valence-corrected chi connectivity index (χ4v) is 2.28. The van der Waals surface area contributed by atoms with Crippen molar-refractivity contribution in [2.45, 2.75) is 6.54 Å². The number of rotatable bonds is 6. The fraction of sp³-hybridized carbons (Fsp3) is 0.118. The quantitative estimate of drug-likeness (QED) is 0.667. The van der Waals surface area contributed by atoms with Gasteiger partial charge in [0.1, 0.15) is 11.6 Å². The number of anilines is 1. The van der Waals surface area contributed by atoms with Gasteiger partial charge >= 0.3 is 5.97 Å². The van der Waals surface area contributed by atoms with Crippen LogP contribution in [0.15, 0.2) is 53.2 Å². The molecule has 0 saturated carbocycles. The first-order valence-corrected chi connectivity index (χ1v) is 7.87. The molecule has 26 heavy (non-hydrogen) atoms. The van der Waals surface area contributed by atoms with Gasteiger partial charge in [0.05, 0.1) is 11.6 Å². The molecule has 3 aromatic rings. The third-order valence-electron chi connectivity index (χ3n) is 3.28. The first-order chi connectivity index (χ1) is 12.5. The molecule has 1 aromatic carbocycles. The molecule has 1 amide bonds. The van der Waals surface area contributed by atoms with E-state index in [-0.39, 0.29) is 16.5 Å². The van der Waals surface area contributed by atoms with Crippen molar-refractivity contribution >= 4 is 29.2 Å². The standard InChI is InChI=1S/C17H13ClFN3O4/c18-13-8-11(2-4-14(13)19)21-16(23)10-25-17(24)15-5-3-12(26-15)9-22-7-1-6-20-22/h1-8H,9-10H2,(H,21,23). The van der Waals surface area contributed by atoms with Gasteiger partial charge in [-0.05, 0) is 36.4 Å². The highest BCUT2D eigenvalue weighted by Gasteiger charge is 2.15. The minimum atomic E-state index is -0.774. The third kappa shape index (κ3) is 4.48. The van der Waals surface area contributed by atoms with Crippen molar-refractivity contribution in [3.8, 4) is 0 Å². The number of furan rings is 1. The number of hydrogen-bond donors (Lipinski definition) is 1. The molecular weight excluding hydrogens is 365 g/mol. The summed E-state index contributed by atoms with van der Waals surface area (Å²) in [6.07, 6.45) is 3.39. The van der Waals surface area contributed by atoms with Crippen molar-refractivity contribution in [1.29, 1.82) is 0 Å². The zero-order valence-electron chi connectivity index (χ0n) is 13.3. The van der Waals surface area contributed by atoms with Gasteiger partial charge in [-0.2, -0.15) is 5.10 Å². The third-order valence-corrected chi connectivity index (χ3v) is 3.57. The Balaban J connectivity index is 1.51. The zero-order chi connectivity index (χ0) is 18.5. The van der Waals surface area contributed by atoms with E-state index >= 15 is 0 Å². The lowest BCUT2D eigenvalue weighted by Crippen LogP contribution is -2.20. The summed E-state index contributed by atoms with van der Waals surface area (Å²) in [5, 5.41) is 6.35. The van der Waals surface area contributed by atoms with Crippen LogP contribution in [0, 0.1) is 5.82 Å². The molecule has 0 aliphatic rings. The largest absolute Gasteiger partial charge is 0.452 e. The van der Waals surface area contributed by atoms with Gasteiger partial charge < -0.3 is 14.5 Å². The highest BCUT2D eigenvalue weighted by Crippen LogP contribution is 2.19. The number of carbonyl (C=O) groups is 2. The van der Waals surface area contributed by atoms with E-state index < -0.39 is 24.3 Å². The van der Waals surface area contributed by atoms with Crippen molar-refractivity contribution in [3.63, 3.8) is 0 Å². The first kappa shape index (κ1) is 17.7. The summed E-state index contributed by atoms with van der Waals surface area (Å²) in [7, 11) is 0. The predicted molar refractivity (Wildman–Crippen MR) is 90.4 cm³/mol. The normalized spacial score (nSPS) is 10.5. The second kappa shape index (κ2) is 7.83. The molecule has 0 radical (unpaired) electrons. The minimum Gasteiger partial charge on any atom is -0.452 e. The average molecular weight is 378 g/mol. The summed E-state index contributed by atoms with van der Waals surface area (Å²) >= 11 is 5.63. The van der Waals surface area contributed by atoms with Crippen molar-refractivity contribution in [1.82, 2.24) is 9.78 Å². The Kier molecular flexibility index (Phi) is 5.33. The number of aromatic nitrogens is 2. The molecule has 2 aromatic heterocycles. The molecule has 0 fully saturated rings. The van der Waals surface area contributed by atoms with Gasteiger partial charge in [0.25, 0.3) is 5.91 Å². The van der Waals surface area contributed by atoms with Crippen molar-refractivity contribution in [2.24, 2.45) is 0 Å². The number of amides is 1. The Morgan fingerprint density at radius 2 is 2.15 bits per heavy atom. The fourth-order valence-electron chi connectivity index (χ4n) is 2.10. The lowest BCUT2D eigenvalue weighted by molar-refractivity contribution is -0.119. The maximum Gasteiger partial charge on any atom is 0.374 e. The average Bonchev–Trinajstić information content (AvgIpc) is 3.28. The Morgan fingerprint density at radius 3 is 2.88 bits per heavy atom. The zero-order valence-corrected chi connectivity index (χ0v) is 14.1. The molecule has 0 saturated heterocycles. The second-order valence-electron chi connectivity index (χ2n) is 5.22. The Morgan fingerprint density at radius 1 is 1.31 bits per heavy atom. The number of nitrogens with one attached hydrogen (secondary N) is 1. The number of nitrogens with zero attached hydrogens (tertiary/aromatic N) is 2. The van der Waals surface area contributed by atoms with Crippen LogP contribution in [0.2, 0.25) is 5.02 Å². The SMILES string of the molecule is O=C(COC(=O)c1ccc(Cn2cccn2)o1)Nc1ccc(F)c(Cl)c1. The topological polar surface area (TPSA) is 86.4 Å². The lowest BCUT2D eigenvalue weighted by atomic mass is 10.3. The molecule has 2 heterocycles. The number of ether oxygens (including phenoxy) is 1. The maximum atomic E-state index is 13.1. The van der Waals surface area contributed by atoms with Crippen LogP contribution in [0.25, 0.3) is 0 Å². The van der Waals surface area contributed by atoms with E-state index in [2.05, 4.69) is 10.4 Å². The van der Waals surface area contributed by atoms with Crippen LogP contribution >= 0.6 is 11.6 Å². The number of halogens is 2. The number of carbonyl (C=O) groups excluding carboxylic acids is 2. The number of hydrogen-bond acceptors (Lipinski definition) is 5. The van der Waals surface area contributed by atoms with Crippen LogP contribution in [0.5, 0.6) is 0 Å². The van der Waals surface area contributed by atoms with E-state index in [0.29, 0.717) is 12.3 Å². The summed E-state index contributed by atoms with van der Waals surface area (Å²) in [5.74, 6) is -1.47. The van der Waals surface area contributed by atoms with Gasteiger partial charge in [-0.15, -0.1) is 0 Å². The van der Waals surface area contributed by atoms with Crippen LogP contribution < -0.4 is 5.32 Å². The van der Waals surface area contributed by atoms with Gasteiger partial charge in [-0.1, -0.05) is 11.6 Å². The monoisotopic (exact) mass is 377 g/mol. The highest BCUT2D eigenvalue weighted by molar-refractivity contribution is 6.31. The second-order valence-corrected chi connectivity index (χ2v) is 5.63. The summed E-state index contributed by atoms with van der Waals surface area (Å²) < 4.78 is 25.0. The molecule has 134 valence electrons. The molecule has 1 N–H and O–H groups in total. The number of esters is 1. The molecule has 0 atom stereocenters. The van der Waals surface area contributed by atoms with Crippen LogP contribution in [0.3, 0.4) is 0 Å². The smallest absolute Gasteiger partial charge is 0.374 e. The molecule has 0 aliphatic heterocycles. The highest BCUT2D eigenvalue weighted by atomic mass is 35.5. The molecule has 3 rings (SSSR count). The first-order valence-electron chi connectivity index (χ1n) is 7.49. The van der Waals surface area contributed by atoms with Crippen LogP contribution in [0.1, 0.15) is 16.3 Å². The summed E-state index contributed by atoms with van der Waals surface area (Å²) in [6.45, 7) is -0.158. The molecule has 9 heteroatoms. The summed E-state index contributed by atoms with van der Waals surface area (Å²) in [6, 6.07) is 8.57. The minimum absolute atomic E-state index is 0.0233. The van der Waals surface area contributed by atoms with E-state index in [9.17, 15) is 14.0 Å². The Hall–Kier alpha value is -3.13. The van der Waals surface area contributed by atoms with Crippen LogP contribution in [-0.4, -0.2) is 28.3 Å². The molecule has 0 unspecified atom stereocenters.